The van der Waals surface area contributed by atoms with Crippen LogP contribution in [0.25, 0.3) is 0 Å². The molecule has 0 unspecified atom stereocenters. The Hall–Kier alpha value is -1.64. The number of rotatable bonds is 6. The van der Waals surface area contributed by atoms with Gasteiger partial charge in [-0.25, -0.2) is 15.0 Å². The molecule has 0 atom stereocenters. The summed E-state index contributed by atoms with van der Waals surface area (Å²) in [6, 6.07) is 0. The smallest absolute Gasteiger partial charge is 0.274 e. The Morgan fingerprint density at radius 2 is 2.17 bits per heavy atom. The van der Waals surface area contributed by atoms with Gasteiger partial charge in [0.2, 0.25) is 0 Å². The lowest BCUT2D eigenvalue weighted by Crippen LogP contribution is -2.28. The van der Waals surface area contributed by atoms with E-state index in [2.05, 4.69) is 34.1 Å². The van der Waals surface area contributed by atoms with Gasteiger partial charge in [-0.05, 0) is 5.92 Å². The molecular formula is C14H20Cl2N6OS. The number of thiazole rings is 1. The molecule has 1 amide bonds. The number of carbonyl (C=O) groups is 1. The summed E-state index contributed by atoms with van der Waals surface area (Å²) in [6.45, 7) is 5.23. The standard InChI is InChI=1S/C14H19ClN6OS.ClH/c1-8(2)7-21(3)13-11(15)19-10(12(16)20-13)14(22)18-6-9-17-4-5-23-9;/h4-5,8H,6-7H2,1-3H3,(H2,16,20)(H,18,22);1H. The van der Waals surface area contributed by atoms with Gasteiger partial charge in [-0.15, -0.1) is 23.7 Å². The second-order valence-corrected chi connectivity index (χ2v) is 6.79. The maximum Gasteiger partial charge on any atom is 0.274 e. The van der Waals surface area contributed by atoms with Crippen LogP contribution in [0.2, 0.25) is 5.15 Å². The molecule has 3 N–H and O–H groups in total. The van der Waals surface area contributed by atoms with E-state index in [-0.39, 0.29) is 29.1 Å². The molecule has 0 aliphatic heterocycles. The molecule has 0 bridgehead atoms. The first-order chi connectivity index (χ1) is 10.9. The van der Waals surface area contributed by atoms with E-state index in [1.54, 1.807) is 6.20 Å². The number of nitrogen functional groups attached to an aromatic ring is 1. The van der Waals surface area contributed by atoms with E-state index >= 15 is 0 Å². The molecule has 2 aromatic heterocycles. The van der Waals surface area contributed by atoms with Gasteiger partial charge in [0.05, 0.1) is 6.54 Å². The molecule has 0 aromatic carbocycles. The van der Waals surface area contributed by atoms with E-state index in [4.69, 9.17) is 17.3 Å². The van der Waals surface area contributed by atoms with Gasteiger partial charge in [-0.2, -0.15) is 0 Å². The molecule has 0 radical (unpaired) electrons. The van der Waals surface area contributed by atoms with E-state index < -0.39 is 5.91 Å². The highest BCUT2D eigenvalue weighted by Gasteiger charge is 2.19. The fourth-order valence-corrected chi connectivity index (χ4v) is 2.87. The number of amides is 1. The topological polar surface area (TPSA) is 97.0 Å². The van der Waals surface area contributed by atoms with Crippen molar-refractivity contribution in [2.75, 3.05) is 24.2 Å². The Morgan fingerprint density at radius 3 is 2.75 bits per heavy atom. The molecule has 132 valence electrons. The Balaban J connectivity index is 0.00000288. The average Bonchev–Trinajstić information content (AvgIpc) is 2.99. The number of nitrogens with two attached hydrogens (primary N) is 1. The molecule has 0 saturated heterocycles. The number of halogens is 2. The van der Waals surface area contributed by atoms with E-state index in [1.807, 2.05) is 17.3 Å². The van der Waals surface area contributed by atoms with Crippen molar-refractivity contribution in [3.05, 3.63) is 27.4 Å². The minimum atomic E-state index is -0.426. The zero-order valence-corrected chi connectivity index (χ0v) is 16.0. The fourth-order valence-electron chi connectivity index (χ4n) is 2.04. The van der Waals surface area contributed by atoms with Crippen molar-refractivity contribution in [1.29, 1.82) is 0 Å². The summed E-state index contributed by atoms with van der Waals surface area (Å²) in [4.78, 5) is 26.5. The van der Waals surface area contributed by atoms with Crippen molar-refractivity contribution in [1.82, 2.24) is 20.3 Å². The monoisotopic (exact) mass is 390 g/mol. The lowest BCUT2D eigenvalue weighted by atomic mass is 10.2. The third-order valence-electron chi connectivity index (χ3n) is 2.96. The highest BCUT2D eigenvalue weighted by atomic mass is 35.5. The first kappa shape index (κ1) is 20.4. The molecule has 2 heterocycles. The minimum absolute atomic E-state index is 0. The second-order valence-electron chi connectivity index (χ2n) is 5.45. The predicted octanol–water partition coefficient (Wildman–Crippen LogP) is 2.61. The van der Waals surface area contributed by atoms with E-state index in [0.29, 0.717) is 18.3 Å². The van der Waals surface area contributed by atoms with Gasteiger partial charge in [-0.1, -0.05) is 25.4 Å². The third kappa shape index (κ3) is 5.19. The largest absolute Gasteiger partial charge is 0.382 e. The SMILES string of the molecule is CC(C)CN(C)c1nc(N)c(C(=O)NCc2nccs2)nc1Cl.Cl. The molecule has 0 fully saturated rings. The molecule has 0 aliphatic rings. The minimum Gasteiger partial charge on any atom is -0.382 e. The van der Waals surface area contributed by atoms with Gasteiger partial charge in [0.25, 0.3) is 5.91 Å². The third-order valence-corrected chi connectivity index (χ3v) is 4.00. The van der Waals surface area contributed by atoms with Crippen molar-refractivity contribution in [3.63, 3.8) is 0 Å². The summed E-state index contributed by atoms with van der Waals surface area (Å²) in [5.74, 6) is 0.525. The summed E-state index contributed by atoms with van der Waals surface area (Å²) in [6.07, 6.45) is 1.68. The Bertz CT molecular complexity index is 680. The first-order valence-corrected chi connectivity index (χ1v) is 8.35. The highest BCUT2D eigenvalue weighted by Crippen LogP contribution is 2.24. The molecule has 0 spiro atoms. The van der Waals surface area contributed by atoms with Crippen LogP contribution in [0.3, 0.4) is 0 Å². The van der Waals surface area contributed by atoms with Gasteiger partial charge in [0.1, 0.15) is 5.01 Å². The van der Waals surface area contributed by atoms with Crippen LogP contribution in [0.4, 0.5) is 11.6 Å². The molecule has 2 aromatic rings. The Kier molecular flexibility index (Phi) is 7.65. The van der Waals surface area contributed by atoms with Crippen LogP contribution in [0.15, 0.2) is 11.6 Å². The molecule has 24 heavy (non-hydrogen) atoms. The van der Waals surface area contributed by atoms with Crippen LogP contribution < -0.4 is 16.0 Å². The predicted molar refractivity (Wildman–Crippen MR) is 100 cm³/mol. The van der Waals surface area contributed by atoms with Gasteiger partial charge < -0.3 is 16.0 Å². The molecule has 7 nitrogen and oxygen atoms in total. The number of hydrogen-bond acceptors (Lipinski definition) is 7. The summed E-state index contributed by atoms with van der Waals surface area (Å²) in [7, 11) is 1.86. The quantitative estimate of drug-likeness (QED) is 0.786. The van der Waals surface area contributed by atoms with Gasteiger partial charge >= 0.3 is 0 Å². The molecule has 0 saturated carbocycles. The molecule has 0 aliphatic carbocycles. The lowest BCUT2D eigenvalue weighted by molar-refractivity contribution is 0.0946. The van der Waals surface area contributed by atoms with Crippen molar-refractivity contribution < 1.29 is 4.79 Å². The second kappa shape index (κ2) is 9.00. The summed E-state index contributed by atoms with van der Waals surface area (Å²) >= 11 is 7.62. The molecular weight excluding hydrogens is 371 g/mol. The first-order valence-electron chi connectivity index (χ1n) is 7.09. The zero-order valence-electron chi connectivity index (χ0n) is 13.6. The normalized spacial score (nSPS) is 10.4. The van der Waals surface area contributed by atoms with Gasteiger partial charge in [0, 0.05) is 25.2 Å². The number of aromatic nitrogens is 3. The van der Waals surface area contributed by atoms with E-state index in [1.165, 1.54) is 11.3 Å². The van der Waals surface area contributed by atoms with Gasteiger partial charge in [-0.3, -0.25) is 4.79 Å². The van der Waals surface area contributed by atoms with Crippen LogP contribution in [-0.2, 0) is 6.54 Å². The lowest BCUT2D eigenvalue weighted by Gasteiger charge is -2.21. The summed E-state index contributed by atoms with van der Waals surface area (Å²) < 4.78 is 0. The number of anilines is 2. The van der Waals surface area contributed by atoms with Crippen LogP contribution in [0.5, 0.6) is 0 Å². The van der Waals surface area contributed by atoms with Gasteiger partial charge in [0.15, 0.2) is 22.5 Å². The molecule has 10 heteroatoms. The Morgan fingerprint density at radius 1 is 1.46 bits per heavy atom. The number of hydrogen-bond donors (Lipinski definition) is 2. The average molecular weight is 391 g/mol. The zero-order chi connectivity index (χ0) is 17.0. The maximum absolute atomic E-state index is 12.2. The fraction of sp³-hybridized carbons (Fsp3) is 0.429. The number of carbonyl (C=O) groups excluding carboxylic acids is 1. The highest BCUT2D eigenvalue weighted by molar-refractivity contribution is 7.09. The van der Waals surface area contributed by atoms with Crippen molar-refractivity contribution in [2.24, 2.45) is 5.92 Å². The van der Waals surface area contributed by atoms with E-state index in [9.17, 15) is 4.79 Å². The maximum atomic E-state index is 12.2. The van der Waals surface area contributed by atoms with Crippen molar-refractivity contribution in [2.45, 2.75) is 20.4 Å². The number of nitrogens with zero attached hydrogens (tertiary/aromatic N) is 4. The van der Waals surface area contributed by atoms with Crippen LogP contribution in [0.1, 0.15) is 29.3 Å². The van der Waals surface area contributed by atoms with Crippen molar-refractivity contribution >= 4 is 52.9 Å². The van der Waals surface area contributed by atoms with Crippen molar-refractivity contribution in [3.8, 4) is 0 Å². The molecule has 2 rings (SSSR count). The van der Waals surface area contributed by atoms with Crippen LogP contribution in [0, 0.1) is 5.92 Å². The Labute approximate surface area is 156 Å². The number of nitrogens with one attached hydrogen (secondary N) is 1. The van der Waals surface area contributed by atoms with Crippen LogP contribution in [-0.4, -0.2) is 34.5 Å². The van der Waals surface area contributed by atoms with E-state index in [0.717, 1.165) is 11.6 Å². The van der Waals surface area contributed by atoms with Crippen LogP contribution >= 0.6 is 35.3 Å². The summed E-state index contributed by atoms with van der Waals surface area (Å²) in [5, 5.41) is 5.49. The summed E-state index contributed by atoms with van der Waals surface area (Å²) in [5.41, 5.74) is 5.90.